The fraction of sp³-hybridized carbons (Fsp3) is 0.400. The number of benzene rings is 1. The molecule has 0 saturated carbocycles. The summed E-state index contributed by atoms with van der Waals surface area (Å²) in [7, 11) is 0. The summed E-state index contributed by atoms with van der Waals surface area (Å²) in [4.78, 5) is 12.1. The minimum Gasteiger partial charge on any atom is -0.395 e. The van der Waals surface area contributed by atoms with E-state index in [1.807, 2.05) is 18.2 Å². The monoisotopic (exact) mass is 245 g/mol. The van der Waals surface area contributed by atoms with Crippen LogP contribution >= 0.6 is 0 Å². The van der Waals surface area contributed by atoms with Gasteiger partial charge in [-0.15, -0.1) is 0 Å². The van der Waals surface area contributed by atoms with E-state index in [4.69, 9.17) is 5.11 Å². The van der Waals surface area contributed by atoms with Gasteiger partial charge in [0.2, 0.25) is 0 Å². The number of aliphatic hydroxyl groups excluding tert-OH is 1. The molecule has 1 aromatic carbocycles. The second kappa shape index (κ2) is 4.58. The van der Waals surface area contributed by atoms with Gasteiger partial charge in [0, 0.05) is 18.1 Å². The second-order valence-corrected chi connectivity index (χ2v) is 5.59. The highest BCUT2D eigenvalue weighted by Gasteiger charge is 2.14. The first-order chi connectivity index (χ1) is 8.43. The van der Waals surface area contributed by atoms with Crippen LogP contribution < -0.4 is 5.56 Å². The number of aliphatic hydroxyl groups is 1. The van der Waals surface area contributed by atoms with E-state index in [1.54, 1.807) is 10.8 Å². The minimum absolute atomic E-state index is 0.0223. The van der Waals surface area contributed by atoms with E-state index in [9.17, 15) is 4.79 Å². The van der Waals surface area contributed by atoms with Gasteiger partial charge in [-0.3, -0.25) is 4.79 Å². The molecule has 2 aromatic rings. The van der Waals surface area contributed by atoms with E-state index < -0.39 is 0 Å². The van der Waals surface area contributed by atoms with Crippen LogP contribution in [0, 0.1) is 0 Å². The highest BCUT2D eigenvalue weighted by Crippen LogP contribution is 2.24. The van der Waals surface area contributed by atoms with Gasteiger partial charge in [-0.25, -0.2) is 0 Å². The number of hydrogen-bond acceptors (Lipinski definition) is 2. The molecule has 0 bridgehead atoms. The maximum absolute atomic E-state index is 12.1. The molecule has 0 aliphatic rings. The lowest BCUT2D eigenvalue weighted by molar-refractivity contribution is 0.274. The largest absolute Gasteiger partial charge is 0.395 e. The quantitative estimate of drug-likeness (QED) is 0.882. The molecule has 0 unspecified atom stereocenters. The number of aromatic nitrogens is 1. The van der Waals surface area contributed by atoms with Crippen molar-refractivity contribution in [2.24, 2.45) is 0 Å². The molecule has 0 fully saturated rings. The Morgan fingerprint density at radius 1 is 1.22 bits per heavy atom. The number of fused-ring (bicyclic) bond motifs is 1. The number of rotatable bonds is 2. The van der Waals surface area contributed by atoms with Crippen LogP contribution in [0.5, 0.6) is 0 Å². The van der Waals surface area contributed by atoms with Crippen molar-refractivity contribution >= 4 is 10.8 Å². The van der Waals surface area contributed by atoms with Crippen molar-refractivity contribution in [2.75, 3.05) is 6.61 Å². The average molecular weight is 245 g/mol. The van der Waals surface area contributed by atoms with Gasteiger partial charge in [0.25, 0.3) is 5.56 Å². The summed E-state index contributed by atoms with van der Waals surface area (Å²) in [6.45, 7) is 6.78. The zero-order chi connectivity index (χ0) is 13.3. The highest BCUT2D eigenvalue weighted by molar-refractivity contribution is 5.82. The third-order valence-corrected chi connectivity index (χ3v) is 3.18. The van der Waals surface area contributed by atoms with E-state index >= 15 is 0 Å². The van der Waals surface area contributed by atoms with Crippen LogP contribution in [-0.2, 0) is 12.0 Å². The lowest BCUT2D eigenvalue weighted by atomic mass is 9.86. The molecular formula is C15H19NO2. The number of nitrogens with zero attached hydrogens (tertiary/aromatic N) is 1. The topological polar surface area (TPSA) is 42.2 Å². The molecule has 3 nitrogen and oxygen atoms in total. The summed E-state index contributed by atoms with van der Waals surface area (Å²) in [6.07, 6.45) is 1.74. The smallest absolute Gasteiger partial charge is 0.258 e. The van der Waals surface area contributed by atoms with Crippen molar-refractivity contribution in [3.05, 3.63) is 46.4 Å². The SMILES string of the molecule is CC(C)(C)c1ccc2c(=O)n(CCO)ccc2c1. The maximum atomic E-state index is 12.1. The molecule has 96 valence electrons. The van der Waals surface area contributed by atoms with Crippen molar-refractivity contribution in [1.82, 2.24) is 4.57 Å². The molecule has 3 heteroatoms. The van der Waals surface area contributed by atoms with Crippen molar-refractivity contribution in [2.45, 2.75) is 32.7 Å². The van der Waals surface area contributed by atoms with Gasteiger partial charge < -0.3 is 9.67 Å². The van der Waals surface area contributed by atoms with Crippen molar-refractivity contribution in [1.29, 1.82) is 0 Å². The number of pyridine rings is 1. The molecule has 0 aliphatic heterocycles. The summed E-state index contributed by atoms with van der Waals surface area (Å²) < 4.78 is 1.54. The normalized spacial score (nSPS) is 12.0. The molecule has 1 aromatic heterocycles. The molecule has 0 amide bonds. The Balaban J connectivity index is 2.62. The Labute approximate surface area is 107 Å². The Hall–Kier alpha value is -1.61. The van der Waals surface area contributed by atoms with E-state index in [0.29, 0.717) is 11.9 Å². The molecule has 1 heterocycles. The molecule has 1 N–H and O–H groups in total. The fourth-order valence-corrected chi connectivity index (χ4v) is 2.04. The summed E-state index contributed by atoms with van der Waals surface area (Å²) in [5, 5.41) is 10.6. The molecule has 0 radical (unpaired) electrons. The molecule has 2 rings (SSSR count). The predicted molar refractivity (Wildman–Crippen MR) is 74.0 cm³/mol. The Morgan fingerprint density at radius 3 is 2.56 bits per heavy atom. The van der Waals surface area contributed by atoms with Crippen LogP contribution in [0.4, 0.5) is 0 Å². The summed E-state index contributed by atoms with van der Waals surface area (Å²) >= 11 is 0. The van der Waals surface area contributed by atoms with Crippen LogP contribution in [0.15, 0.2) is 35.3 Å². The Bertz CT molecular complexity index is 620. The standard InChI is InChI=1S/C15H19NO2/c1-15(2,3)12-4-5-13-11(10-12)6-7-16(8-9-17)14(13)18/h4-7,10,17H,8-9H2,1-3H3. The highest BCUT2D eigenvalue weighted by atomic mass is 16.3. The molecule has 0 spiro atoms. The van der Waals surface area contributed by atoms with Crippen LogP contribution in [0.3, 0.4) is 0 Å². The van der Waals surface area contributed by atoms with E-state index in [0.717, 1.165) is 5.39 Å². The molecular weight excluding hydrogens is 226 g/mol. The molecule has 0 saturated heterocycles. The lowest BCUT2D eigenvalue weighted by Crippen LogP contribution is -2.21. The van der Waals surface area contributed by atoms with Gasteiger partial charge >= 0.3 is 0 Å². The first-order valence-electron chi connectivity index (χ1n) is 6.18. The summed E-state index contributed by atoms with van der Waals surface area (Å²) in [5.74, 6) is 0. The van der Waals surface area contributed by atoms with E-state index in [-0.39, 0.29) is 17.6 Å². The fourth-order valence-electron chi connectivity index (χ4n) is 2.04. The van der Waals surface area contributed by atoms with Crippen LogP contribution in [0.2, 0.25) is 0 Å². The second-order valence-electron chi connectivity index (χ2n) is 5.59. The van der Waals surface area contributed by atoms with Gasteiger partial charge in [0.15, 0.2) is 0 Å². The van der Waals surface area contributed by atoms with Crippen molar-refractivity contribution in [3.63, 3.8) is 0 Å². The van der Waals surface area contributed by atoms with Gasteiger partial charge in [-0.2, -0.15) is 0 Å². The minimum atomic E-state index is -0.0398. The van der Waals surface area contributed by atoms with Crippen molar-refractivity contribution < 1.29 is 5.11 Å². The maximum Gasteiger partial charge on any atom is 0.258 e. The van der Waals surface area contributed by atoms with Crippen LogP contribution in [0.25, 0.3) is 10.8 Å². The average Bonchev–Trinajstić information content (AvgIpc) is 2.31. The number of hydrogen-bond donors (Lipinski definition) is 1. The lowest BCUT2D eigenvalue weighted by Gasteiger charge is -2.19. The Morgan fingerprint density at radius 2 is 1.94 bits per heavy atom. The third kappa shape index (κ3) is 2.31. The van der Waals surface area contributed by atoms with E-state index in [2.05, 4.69) is 26.8 Å². The zero-order valence-corrected chi connectivity index (χ0v) is 11.1. The predicted octanol–water partition coefficient (Wildman–Crippen LogP) is 2.29. The first kappa shape index (κ1) is 12.8. The third-order valence-electron chi connectivity index (χ3n) is 3.18. The molecule has 0 atom stereocenters. The van der Waals surface area contributed by atoms with E-state index in [1.165, 1.54) is 5.56 Å². The molecule has 0 aliphatic carbocycles. The summed E-state index contributed by atoms with van der Waals surface area (Å²) in [5.41, 5.74) is 1.25. The first-order valence-corrected chi connectivity index (χ1v) is 6.18. The van der Waals surface area contributed by atoms with Gasteiger partial charge in [-0.05, 0) is 28.5 Å². The zero-order valence-electron chi connectivity index (χ0n) is 11.1. The molecule has 18 heavy (non-hydrogen) atoms. The van der Waals surface area contributed by atoms with Gasteiger partial charge in [0.1, 0.15) is 0 Å². The summed E-state index contributed by atoms with van der Waals surface area (Å²) in [6, 6.07) is 7.89. The van der Waals surface area contributed by atoms with Crippen LogP contribution in [0.1, 0.15) is 26.3 Å². The van der Waals surface area contributed by atoms with Gasteiger partial charge in [-0.1, -0.05) is 32.9 Å². The van der Waals surface area contributed by atoms with Crippen molar-refractivity contribution in [3.8, 4) is 0 Å². The van der Waals surface area contributed by atoms with Crippen LogP contribution in [-0.4, -0.2) is 16.3 Å². The Kier molecular flexibility index (Phi) is 3.26. The van der Waals surface area contributed by atoms with Gasteiger partial charge in [0.05, 0.1) is 6.61 Å².